The van der Waals surface area contributed by atoms with E-state index in [0.29, 0.717) is 18.3 Å². The molecule has 2 fully saturated rings. The molecule has 0 bridgehead atoms. The van der Waals surface area contributed by atoms with E-state index in [1.54, 1.807) is 7.11 Å². The molecule has 1 saturated carbocycles. The van der Waals surface area contributed by atoms with Crippen molar-refractivity contribution in [2.24, 2.45) is 5.92 Å². The number of hydrogen-bond donors (Lipinski definition) is 0. The Kier molecular flexibility index (Phi) is 5.40. The van der Waals surface area contributed by atoms with Gasteiger partial charge in [0.2, 0.25) is 0 Å². The number of Topliss-reactive ketones (excluding diaryl/α,β-unsaturated/α-hetero) is 1. The molecular formula is C16H28O3. The average Bonchev–Trinajstić information content (AvgIpc) is 2.93. The van der Waals surface area contributed by atoms with Gasteiger partial charge >= 0.3 is 0 Å². The van der Waals surface area contributed by atoms with Gasteiger partial charge in [-0.05, 0) is 57.3 Å². The fourth-order valence-electron chi connectivity index (χ4n) is 3.42. The van der Waals surface area contributed by atoms with E-state index < -0.39 is 5.60 Å². The van der Waals surface area contributed by atoms with Gasteiger partial charge in [-0.25, -0.2) is 0 Å². The van der Waals surface area contributed by atoms with Crippen LogP contribution in [0.1, 0.15) is 64.7 Å². The second-order valence-electron chi connectivity index (χ2n) is 6.33. The van der Waals surface area contributed by atoms with Crippen LogP contribution in [0.2, 0.25) is 0 Å². The molecular weight excluding hydrogens is 240 g/mol. The summed E-state index contributed by atoms with van der Waals surface area (Å²) in [5.41, 5.74) is -0.469. The highest BCUT2D eigenvalue weighted by Crippen LogP contribution is 2.36. The average molecular weight is 268 g/mol. The van der Waals surface area contributed by atoms with E-state index in [2.05, 4.69) is 6.92 Å². The van der Waals surface area contributed by atoms with Gasteiger partial charge in [0, 0.05) is 20.1 Å². The summed E-state index contributed by atoms with van der Waals surface area (Å²) in [4.78, 5) is 12.5. The standard InChI is InChI=1S/C16H28O3/c1-13-8-10-16(18-2,11-9-13)15(17)7-3-5-14-6-4-12-19-14/h13-14H,3-12H2,1-2H3. The lowest BCUT2D eigenvalue weighted by Crippen LogP contribution is -2.43. The first kappa shape index (κ1) is 15.0. The van der Waals surface area contributed by atoms with E-state index in [1.165, 1.54) is 12.8 Å². The lowest BCUT2D eigenvalue weighted by Gasteiger charge is -2.37. The van der Waals surface area contributed by atoms with Gasteiger partial charge in [-0.15, -0.1) is 0 Å². The van der Waals surface area contributed by atoms with Crippen LogP contribution in [0, 0.1) is 5.92 Å². The Morgan fingerprint density at radius 2 is 2.05 bits per heavy atom. The highest BCUT2D eigenvalue weighted by Gasteiger charge is 2.40. The Hall–Kier alpha value is -0.410. The first-order valence-corrected chi connectivity index (χ1v) is 7.86. The van der Waals surface area contributed by atoms with Crippen LogP contribution in [-0.4, -0.2) is 31.2 Å². The van der Waals surface area contributed by atoms with E-state index in [9.17, 15) is 4.79 Å². The fraction of sp³-hybridized carbons (Fsp3) is 0.938. The van der Waals surface area contributed by atoms with Crippen molar-refractivity contribution in [1.29, 1.82) is 0 Å². The molecule has 3 heteroatoms. The smallest absolute Gasteiger partial charge is 0.164 e. The first-order chi connectivity index (χ1) is 9.16. The van der Waals surface area contributed by atoms with E-state index in [0.717, 1.165) is 51.0 Å². The third kappa shape index (κ3) is 3.79. The minimum atomic E-state index is -0.469. The van der Waals surface area contributed by atoms with Gasteiger partial charge in [-0.3, -0.25) is 4.79 Å². The van der Waals surface area contributed by atoms with Crippen LogP contribution in [-0.2, 0) is 14.3 Å². The van der Waals surface area contributed by atoms with E-state index in [-0.39, 0.29) is 0 Å². The third-order valence-corrected chi connectivity index (χ3v) is 4.93. The zero-order chi connectivity index (χ0) is 13.7. The Morgan fingerprint density at radius 1 is 1.32 bits per heavy atom. The monoisotopic (exact) mass is 268 g/mol. The molecule has 1 aliphatic heterocycles. The molecule has 1 atom stereocenters. The maximum absolute atomic E-state index is 12.5. The summed E-state index contributed by atoms with van der Waals surface area (Å²) >= 11 is 0. The van der Waals surface area contributed by atoms with Crippen LogP contribution in [0.15, 0.2) is 0 Å². The predicted octanol–water partition coefficient (Wildman–Crippen LogP) is 3.50. The summed E-state index contributed by atoms with van der Waals surface area (Å²) in [6.07, 6.45) is 9.43. The molecule has 0 radical (unpaired) electrons. The Morgan fingerprint density at radius 3 is 2.63 bits per heavy atom. The highest BCUT2D eigenvalue weighted by molar-refractivity contribution is 5.87. The molecule has 110 valence electrons. The number of rotatable bonds is 6. The largest absolute Gasteiger partial charge is 0.378 e. The van der Waals surface area contributed by atoms with Crippen LogP contribution in [0.4, 0.5) is 0 Å². The lowest BCUT2D eigenvalue weighted by molar-refractivity contribution is -0.146. The second-order valence-corrected chi connectivity index (χ2v) is 6.33. The van der Waals surface area contributed by atoms with Crippen molar-refractivity contribution < 1.29 is 14.3 Å². The molecule has 1 saturated heterocycles. The van der Waals surface area contributed by atoms with Crippen LogP contribution in [0.25, 0.3) is 0 Å². The van der Waals surface area contributed by atoms with Gasteiger partial charge in [0.25, 0.3) is 0 Å². The van der Waals surface area contributed by atoms with E-state index >= 15 is 0 Å². The summed E-state index contributed by atoms with van der Waals surface area (Å²) in [5, 5.41) is 0. The molecule has 0 spiro atoms. The van der Waals surface area contributed by atoms with Crippen molar-refractivity contribution in [3.05, 3.63) is 0 Å². The van der Waals surface area contributed by atoms with Gasteiger partial charge in [0.1, 0.15) is 5.60 Å². The molecule has 0 N–H and O–H groups in total. The van der Waals surface area contributed by atoms with Crippen molar-refractivity contribution in [1.82, 2.24) is 0 Å². The molecule has 1 aliphatic carbocycles. The normalized spacial score (nSPS) is 35.5. The van der Waals surface area contributed by atoms with Crippen LogP contribution < -0.4 is 0 Å². The van der Waals surface area contributed by atoms with E-state index in [1.807, 2.05) is 0 Å². The summed E-state index contributed by atoms with van der Waals surface area (Å²) in [6.45, 7) is 3.17. The Labute approximate surface area is 117 Å². The first-order valence-electron chi connectivity index (χ1n) is 7.86. The maximum atomic E-state index is 12.5. The van der Waals surface area contributed by atoms with Gasteiger partial charge in [0.15, 0.2) is 5.78 Å². The summed E-state index contributed by atoms with van der Waals surface area (Å²) in [7, 11) is 1.70. The van der Waals surface area contributed by atoms with Crippen LogP contribution in [0.3, 0.4) is 0 Å². The van der Waals surface area contributed by atoms with Gasteiger partial charge in [-0.1, -0.05) is 6.92 Å². The molecule has 2 aliphatic rings. The number of ketones is 1. The summed E-state index contributed by atoms with van der Waals surface area (Å²) in [6, 6.07) is 0. The molecule has 0 amide bonds. The highest BCUT2D eigenvalue weighted by atomic mass is 16.5. The summed E-state index contributed by atoms with van der Waals surface area (Å²) < 4.78 is 11.2. The molecule has 0 aromatic carbocycles. The molecule has 3 nitrogen and oxygen atoms in total. The molecule has 2 rings (SSSR count). The number of carbonyl (C=O) groups is 1. The number of carbonyl (C=O) groups excluding carboxylic acids is 1. The Balaban J connectivity index is 1.76. The zero-order valence-electron chi connectivity index (χ0n) is 12.5. The zero-order valence-corrected chi connectivity index (χ0v) is 12.5. The SMILES string of the molecule is COC1(C(=O)CCCC2CCCO2)CCC(C)CC1. The molecule has 19 heavy (non-hydrogen) atoms. The van der Waals surface area contributed by atoms with Crippen molar-refractivity contribution in [3.8, 4) is 0 Å². The summed E-state index contributed by atoms with van der Waals surface area (Å²) in [5.74, 6) is 1.06. The van der Waals surface area contributed by atoms with Crippen molar-refractivity contribution in [2.45, 2.75) is 76.4 Å². The lowest BCUT2D eigenvalue weighted by atomic mass is 9.76. The van der Waals surface area contributed by atoms with Crippen molar-refractivity contribution in [2.75, 3.05) is 13.7 Å². The van der Waals surface area contributed by atoms with Crippen LogP contribution >= 0.6 is 0 Å². The van der Waals surface area contributed by atoms with Crippen molar-refractivity contribution in [3.63, 3.8) is 0 Å². The number of methoxy groups -OCH3 is 1. The number of ether oxygens (including phenoxy) is 2. The van der Waals surface area contributed by atoms with Crippen LogP contribution in [0.5, 0.6) is 0 Å². The van der Waals surface area contributed by atoms with Gasteiger partial charge in [-0.2, -0.15) is 0 Å². The molecule has 0 aromatic heterocycles. The predicted molar refractivity (Wildman–Crippen MR) is 75.2 cm³/mol. The topological polar surface area (TPSA) is 35.5 Å². The van der Waals surface area contributed by atoms with Gasteiger partial charge in [0.05, 0.1) is 6.10 Å². The molecule has 1 heterocycles. The molecule has 0 aromatic rings. The quantitative estimate of drug-likeness (QED) is 0.739. The minimum Gasteiger partial charge on any atom is -0.378 e. The van der Waals surface area contributed by atoms with Crippen molar-refractivity contribution >= 4 is 5.78 Å². The maximum Gasteiger partial charge on any atom is 0.164 e. The number of hydrogen-bond acceptors (Lipinski definition) is 3. The second kappa shape index (κ2) is 6.85. The third-order valence-electron chi connectivity index (χ3n) is 4.93. The fourth-order valence-corrected chi connectivity index (χ4v) is 3.42. The molecule has 1 unspecified atom stereocenters. The van der Waals surface area contributed by atoms with E-state index in [4.69, 9.17) is 9.47 Å². The minimum absolute atomic E-state index is 0.319. The van der Waals surface area contributed by atoms with Gasteiger partial charge < -0.3 is 9.47 Å². The Bertz CT molecular complexity index is 286.